The van der Waals surface area contributed by atoms with E-state index in [0.717, 1.165) is 36.2 Å². The first-order chi connectivity index (χ1) is 17.0. The molecule has 1 aliphatic carbocycles. The standard InChI is InChI=1S/C25H30BrCl2N3O4S/c1-3-23(25(33)29-18-9-4-5-10-18)30(15-20-21(27)12-7-13-22(20)28)24(32)16-31(36(2,34)35)19-11-6-8-17(26)14-19/h6-8,11-14,18,23H,3-5,9-10,15-16H2,1-2H3,(H,29,33)/t23-/m0/s1. The molecule has 0 saturated heterocycles. The molecule has 0 radical (unpaired) electrons. The molecule has 2 aromatic carbocycles. The van der Waals surface area contributed by atoms with Gasteiger partial charge in [0.1, 0.15) is 12.6 Å². The number of amides is 2. The van der Waals surface area contributed by atoms with Crippen LogP contribution in [-0.2, 0) is 26.2 Å². The lowest BCUT2D eigenvalue weighted by molar-refractivity contribution is -0.140. The highest BCUT2D eigenvalue weighted by molar-refractivity contribution is 9.10. The zero-order valence-electron chi connectivity index (χ0n) is 20.2. The summed E-state index contributed by atoms with van der Waals surface area (Å²) in [6.07, 6.45) is 5.28. The molecule has 1 aliphatic rings. The number of nitrogens with zero attached hydrogens (tertiary/aromatic N) is 2. The lowest BCUT2D eigenvalue weighted by Crippen LogP contribution is -2.53. The second-order valence-corrected chi connectivity index (χ2v) is 12.5. The molecule has 11 heteroatoms. The zero-order valence-corrected chi connectivity index (χ0v) is 24.1. The van der Waals surface area contributed by atoms with Gasteiger partial charge in [0.25, 0.3) is 0 Å². The molecular formula is C25H30BrCl2N3O4S. The van der Waals surface area contributed by atoms with Crippen LogP contribution < -0.4 is 9.62 Å². The first kappa shape index (κ1) is 28.8. The van der Waals surface area contributed by atoms with Crippen molar-refractivity contribution in [3.05, 3.63) is 62.5 Å². The van der Waals surface area contributed by atoms with E-state index in [-0.39, 0.29) is 18.5 Å². The monoisotopic (exact) mass is 617 g/mol. The van der Waals surface area contributed by atoms with Crippen LogP contribution in [0.25, 0.3) is 0 Å². The van der Waals surface area contributed by atoms with Gasteiger partial charge in [-0.3, -0.25) is 13.9 Å². The van der Waals surface area contributed by atoms with Crippen LogP contribution in [0, 0.1) is 0 Å². The Kier molecular flexibility index (Phi) is 10.1. The maximum Gasteiger partial charge on any atom is 0.244 e. The number of hydrogen-bond acceptors (Lipinski definition) is 4. The molecule has 0 unspecified atom stereocenters. The number of sulfonamides is 1. The Bertz CT molecular complexity index is 1190. The normalized spacial score (nSPS) is 14.9. The van der Waals surface area contributed by atoms with Crippen LogP contribution in [0.2, 0.25) is 10.0 Å². The summed E-state index contributed by atoms with van der Waals surface area (Å²) in [6.45, 7) is 1.30. The minimum absolute atomic E-state index is 0.0377. The Balaban J connectivity index is 1.97. The molecule has 2 aromatic rings. The van der Waals surface area contributed by atoms with E-state index >= 15 is 0 Å². The van der Waals surface area contributed by atoms with Crippen LogP contribution in [0.15, 0.2) is 46.9 Å². The Labute approximate surface area is 231 Å². The van der Waals surface area contributed by atoms with Crippen molar-refractivity contribution in [3.63, 3.8) is 0 Å². The second kappa shape index (κ2) is 12.6. The van der Waals surface area contributed by atoms with Gasteiger partial charge >= 0.3 is 0 Å². The fraction of sp³-hybridized carbons (Fsp3) is 0.440. The van der Waals surface area contributed by atoms with Crippen LogP contribution >= 0.6 is 39.1 Å². The van der Waals surface area contributed by atoms with E-state index < -0.39 is 28.5 Å². The zero-order chi connectivity index (χ0) is 26.5. The number of carbonyl (C=O) groups is 2. The van der Waals surface area contributed by atoms with Gasteiger partial charge in [-0.1, -0.05) is 71.0 Å². The molecule has 0 aromatic heterocycles. The van der Waals surface area contributed by atoms with Crippen molar-refractivity contribution in [2.75, 3.05) is 17.1 Å². The number of anilines is 1. The summed E-state index contributed by atoms with van der Waals surface area (Å²) in [6, 6.07) is 10.9. The molecule has 1 saturated carbocycles. The highest BCUT2D eigenvalue weighted by Crippen LogP contribution is 2.28. The van der Waals surface area contributed by atoms with Gasteiger partial charge in [0.05, 0.1) is 11.9 Å². The number of nitrogens with one attached hydrogen (secondary N) is 1. The second-order valence-electron chi connectivity index (χ2n) is 8.89. The van der Waals surface area contributed by atoms with Gasteiger partial charge in [-0.15, -0.1) is 0 Å². The molecule has 196 valence electrons. The molecule has 0 heterocycles. The largest absolute Gasteiger partial charge is 0.352 e. The van der Waals surface area contributed by atoms with Crippen molar-refractivity contribution in [1.29, 1.82) is 0 Å². The number of halogens is 3. The van der Waals surface area contributed by atoms with Crippen LogP contribution in [0.4, 0.5) is 5.69 Å². The summed E-state index contributed by atoms with van der Waals surface area (Å²) >= 11 is 16.1. The summed E-state index contributed by atoms with van der Waals surface area (Å²) in [5.74, 6) is -0.806. The van der Waals surface area contributed by atoms with Crippen LogP contribution in [0.5, 0.6) is 0 Å². The van der Waals surface area contributed by atoms with Gasteiger partial charge < -0.3 is 10.2 Å². The van der Waals surface area contributed by atoms with Crippen LogP contribution in [-0.4, -0.2) is 50.0 Å². The Hall–Kier alpha value is -1.81. The molecule has 0 aliphatic heterocycles. The van der Waals surface area contributed by atoms with Gasteiger partial charge in [0.2, 0.25) is 21.8 Å². The highest BCUT2D eigenvalue weighted by Gasteiger charge is 2.33. The Morgan fingerprint density at radius 2 is 1.72 bits per heavy atom. The third-order valence-electron chi connectivity index (χ3n) is 6.25. The van der Waals surface area contributed by atoms with E-state index in [1.54, 1.807) is 42.5 Å². The maximum absolute atomic E-state index is 13.8. The molecule has 36 heavy (non-hydrogen) atoms. The van der Waals surface area contributed by atoms with Crippen molar-refractivity contribution >= 4 is 66.7 Å². The molecule has 3 rings (SSSR count). The van der Waals surface area contributed by atoms with Crippen molar-refractivity contribution in [2.45, 2.75) is 57.7 Å². The molecule has 1 N–H and O–H groups in total. The highest BCUT2D eigenvalue weighted by atomic mass is 79.9. The van der Waals surface area contributed by atoms with E-state index in [4.69, 9.17) is 23.2 Å². The van der Waals surface area contributed by atoms with E-state index in [1.807, 2.05) is 6.92 Å². The fourth-order valence-electron chi connectivity index (χ4n) is 4.39. The lowest BCUT2D eigenvalue weighted by Gasteiger charge is -2.33. The number of rotatable bonds is 10. The Morgan fingerprint density at radius 1 is 1.11 bits per heavy atom. The molecule has 1 atom stereocenters. The van der Waals surface area contributed by atoms with Crippen molar-refractivity contribution in [1.82, 2.24) is 10.2 Å². The van der Waals surface area contributed by atoms with E-state index in [0.29, 0.717) is 32.2 Å². The lowest BCUT2D eigenvalue weighted by atomic mass is 10.1. The Morgan fingerprint density at radius 3 is 2.28 bits per heavy atom. The third-order valence-corrected chi connectivity index (χ3v) is 8.60. The minimum atomic E-state index is -3.81. The summed E-state index contributed by atoms with van der Waals surface area (Å²) in [4.78, 5) is 28.5. The van der Waals surface area contributed by atoms with Gasteiger partial charge in [-0.2, -0.15) is 0 Å². The van der Waals surface area contributed by atoms with Gasteiger partial charge in [0.15, 0.2) is 0 Å². The molecule has 1 fully saturated rings. The van der Waals surface area contributed by atoms with E-state index in [2.05, 4.69) is 21.2 Å². The summed E-state index contributed by atoms with van der Waals surface area (Å²) in [7, 11) is -3.81. The first-order valence-electron chi connectivity index (χ1n) is 11.8. The van der Waals surface area contributed by atoms with Crippen molar-refractivity contribution in [3.8, 4) is 0 Å². The predicted molar refractivity (Wildman–Crippen MR) is 148 cm³/mol. The molecule has 7 nitrogen and oxygen atoms in total. The summed E-state index contributed by atoms with van der Waals surface area (Å²) < 4.78 is 27.1. The average Bonchev–Trinajstić information content (AvgIpc) is 3.31. The van der Waals surface area contributed by atoms with Gasteiger partial charge in [0, 0.05) is 32.7 Å². The van der Waals surface area contributed by atoms with Gasteiger partial charge in [-0.05, 0) is 49.6 Å². The molecule has 0 bridgehead atoms. The van der Waals surface area contributed by atoms with Gasteiger partial charge in [-0.25, -0.2) is 8.42 Å². The van der Waals surface area contributed by atoms with E-state index in [9.17, 15) is 18.0 Å². The van der Waals surface area contributed by atoms with Crippen molar-refractivity contribution in [2.24, 2.45) is 0 Å². The molecular weight excluding hydrogens is 589 g/mol. The number of hydrogen-bond donors (Lipinski definition) is 1. The van der Waals surface area contributed by atoms with Crippen LogP contribution in [0.3, 0.4) is 0 Å². The number of carbonyl (C=O) groups excluding carboxylic acids is 2. The minimum Gasteiger partial charge on any atom is -0.352 e. The maximum atomic E-state index is 13.8. The smallest absolute Gasteiger partial charge is 0.244 e. The molecule has 2 amide bonds. The summed E-state index contributed by atoms with van der Waals surface area (Å²) in [5.41, 5.74) is 0.828. The van der Waals surface area contributed by atoms with Crippen LogP contribution in [0.1, 0.15) is 44.6 Å². The fourth-order valence-corrected chi connectivity index (χ4v) is 6.13. The van der Waals surface area contributed by atoms with E-state index in [1.165, 1.54) is 4.90 Å². The third kappa shape index (κ3) is 7.37. The summed E-state index contributed by atoms with van der Waals surface area (Å²) in [5, 5.41) is 3.79. The predicted octanol–water partition coefficient (Wildman–Crippen LogP) is 5.39. The SMILES string of the molecule is CC[C@@H](C(=O)NC1CCCC1)N(Cc1c(Cl)cccc1Cl)C(=O)CN(c1cccc(Br)c1)S(C)(=O)=O. The molecule has 0 spiro atoms. The number of benzene rings is 2. The first-order valence-corrected chi connectivity index (χ1v) is 15.2. The average molecular weight is 619 g/mol. The topological polar surface area (TPSA) is 86.8 Å². The quantitative estimate of drug-likeness (QED) is 0.387. The van der Waals surface area contributed by atoms with Crippen molar-refractivity contribution < 1.29 is 18.0 Å².